The van der Waals surface area contributed by atoms with E-state index < -0.39 is 0 Å². The summed E-state index contributed by atoms with van der Waals surface area (Å²) >= 11 is 9.25. The molecule has 1 aliphatic heterocycles. The third kappa shape index (κ3) is 3.60. The van der Waals surface area contributed by atoms with Crippen molar-refractivity contribution in [2.45, 2.75) is 6.42 Å². The summed E-state index contributed by atoms with van der Waals surface area (Å²) in [6.45, 7) is 0. The molecule has 0 radical (unpaired) electrons. The lowest BCUT2D eigenvalue weighted by Crippen LogP contribution is -2.47. The van der Waals surface area contributed by atoms with Gasteiger partial charge in [0.05, 0.1) is 11.4 Å². The van der Waals surface area contributed by atoms with Gasteiger partial charge in [-0.2, -0.15) is 0 Å². The van der Waals surface area contributed by atoms with Crippen LogP contribution in [0.15, 0.2) is 64.8 Å². The zero-order valence-corrected chi connectivity index (χ0v) is 14.8. The van der Waals surface area contributed by atoms with Crippen molar-refractivity contribution in [3.05, 3.63) is 69.8 Å². The van der Waals surface area contributed by atoms with Crippen molar-refractivity contribution in [1.29, 1.82) is 0 Å². The summed E-state index contributed by atoms with van der Waals surface area (Å²) in [4.78, 5) is 24.5. The molecule has 3 rings (SSSR count). The first kappa shape index (κ1) is 16.5. The van der Waals surface area contributed by atoms with Crippen molar-refractivity contribution >= 4 is 50.7 Å². The number of hydrogen-bond acceptors (Lipinski definition) is 3. The number of halogens is 2. The van der Waals surface area contributed by atoms with Gasteiger partial charge in [-0.3, -0.25) is 15.0 Å². The van der Waals surface area contributed by atoms with Gasteiger partial charge in [-0.25, -0.2) is 5.01 Å². The second kappa shape index (κ2) is 7.07. The molecule has 0 bridgehead atoms. The van der Waals surface area contributed by atoms with Crippen LogP contribution in [0.5, 0.6) is 0 Å². The van der Waals surface area contributed by atoms with Gasteiger partial charge in [-0.05, 0) is 58.4 Å². The summed E-state index contributed by atoms with van der Waals surface area (Å²) in [5, 5.41) is 4.71. The Morgan fingerprint density at radius 1 is 1.17 bits per heavy atom. The number of hydrazine groups is 1. The van der Waals surface area contributed by atoms with Crippen molar-refractivity contribution in [2.75, 3.05) is 10.3 Å². The van der Waals surface area contributed by atoms with Crippen LogP contribution in [0.3, 0.4) is 0 Å². The van der Waals surface area contributed by atoms with Gasteiger partial charge >= 0.3 is 0 Å². The summed E-state index contributed by atoms with van der Waals surface area (Å²) in [5.41, 5.74) is 4.43. The maximum atomic E-state index is 12.4. The fourth-order valence-electron chi connectivity index (χ4n) is 2.20. The molecule has 122 valence electrons. The zero-order chi connectivity index (χ0) is 17.1. The van der Waals surface area contributed by atoms with Gasteiger partial charge in [-0.1, -0.05) is 23.7 Å². The first-order chi connectivity index (χ1) is 11.5. The fourth-order valence-corrected chi connectivity index (χ4v) is 2.71. The Morgan fingerprint density at radius 3 is 2.58 bits per heavy atom. The number of para-hydroxylation sites is 1. The van der Waals surface area contributed by atoms with Crippen LogP contribution in [-0.2, 0) is 9.59 Å². The minimum Gasteiger partial charge on any atom is -0.320 e. The lowest BCUT2D eigenvalue weighted by Gasteiger charge is -2.28. The molecule has 0 spiro atoms. The lowest BCUT2D eigenvalue weighted by atomic mass is 10.2. The number of carbonyl (C=O) groups is 2. The monoisotopic (exact) mass is 405 g/mol. The van der Waals surface area contributed by atoms with Crippen molar-refractivity contribution in [1.82, 2.24) is 5.43 Å². The maximum Gasteiger partial charge on any atom is 0.273 e. The van der Waals surface area contributed by atoms with E-state index in [9.17, 15) is 9.59 Å². The topological polar surface area (TPSA) is 61.4 Å². The van der Waals surface area contributed by atoms with Crippen molar-refractivity contribution in [3.8, 4) is 0 Å². The van der Waals surface area contributed by atoms with E-state index in [0.29, 0.717) is 22.1 Å². The van der Waals surface area contributed by atoms with Gasteiger partial charge in [-0.15, -0.1) is 0 Å². The molecule has 7 heteroatoms. The van der Waals surface area contributed by atoms with Crippen molar-refractivity contribution in [2.24, 2.45) is 0 Å². The standard InChI is InChI=1S/C17H13BrClN3O2/c18-13-3-1-2-4-14(13)20-17(24)15-9-10-16(23)22(21-15)12-7-5-11(19)6-8-12/h1-9,21H,10H2,(H,20,24). The van der Waals surface area contributed by atoms with Crippen LogP contribution in [-0.4, -0.2) is 11.8 Å². The van der Waals surface area contributed by atoms with Crippen LogP contribution in [0.25, 0.3) is 0 Å². The second-order valence-electron chi connectivity index (χ2n) is 5.07. The van der Waals surface area contributed by atoms with Crippen LogP contribution in [0.1, 0.15) is 6.42 Å². The minimum absolute atomic E-state index is 0.133. The first-order valence-electron chi connectivity index (χ1n) is 7.16. The molecule has 0 saturated heterocycles. The van der Waals surface area contributed by atoms with Gasteiger partial charge in [0, 0.05) is 15.9 Å². The number of rotatable bonds is 3. The smallest absolute Gasteiger partial charge is 0.273 e. The Kier molecular flexibility index (Phi) is 4.87. The molecule has 1 heterocycles. The number of carbonyl (C=O) groups excluding carboxylic acids is 2. The number of anilines is 2. The molecule has 0 unspecified atom stereocenters. The molecule has 0 fully saturated rings. The van der Waals surface area contributed by atoms with E-state index in [4.69, 9.17) is 11.6 Å². The van der Waals surface area contributed by atoms with Gasteiger partial charge < -0.3 is 5.32 Å². The molecule has 24 heavy (non-hydrogen) atoms. The van der Waals surface area contributed by atoms with Crippen LogP contribution < -0.4 is 15.8 Å². The van der Waals surface area contributed by atoms with Crippen LogP contribution in [0, 0.1) is 0 Å². The Bertz CT molecular complexity index is 821. The summed E-state index contributed by atoms with van der Waals surface area (Å²) in [6, 6.07) is 14.1. The maximum absolute atomic E-state index is 12.4. The van der Waals surface area contributed by atoms with E-state index in [-0.39, 0.29) is 18.2 Å². The quantitative estimate of drug-likeness (QED) is 0.813. The summed E-state index contributed by atoms with van der Waals surface area (Å²) in [7, 11) is 0. The third-order valence-electron chi connectivity index (χ3n) is 3.41. The van der Waals surface area contributed by atoms with Crippen LogP contribution in [0.4, 0.5) is 11.4 Å². The predicted octanol–water partition coefficient (Wildman–Crippen LogP) is 3.87. The molecule has 0 aliphatic carbocycles. The number of nitrogens with zero attached hydrogens (tertiary/aromatic N) is 1. The molecule has 2 aromatic rings. The molecule has 0 atom stereocenters. The number of nitrogens with one attached hydrogen (secondary N) is 2. The zero-order valence-electron chi connectivity index (χ0n) is 12.4. The highest BCUT2D eigenvalue weighted by Crippen LogP contribution is 2.23. The summed E-state index contributed by atoms with van der Waals surface area (Å²) in [5.74, 6) is -0.483. The van der Waals surface area contributed by atoms with E-state index in [1.807, 2.05) is 18.2 Å². The Labute approximate surface area is 152 Å². The Morgan fingerprint density at radius 2 is 1.88 bits per heavy atom. The summed E-state index contributed by atoms with van der Waals surface area (Å²) in [6.07, 6.45) is 1.70. The molecule has 0 saturated carbocycles. The molecule has 2 aromatic carbocycles. The predicted molar refractivity (Wildman–Crippen MR) is 97.5 cm³/mol. The molecule has 0 aromatic heterocycles. The normalized spacial score (nSPS) is 14.0. The molecular formula is C17H13BrClN3O2. The van der Waals surface area contributed by atoms with Gasteiger partial charge in [0.15, 0.2) is 0 Å². The van der Waals surface area contributed by atoms with E-state index in [2.05, 4.69) is 26.7 Å². The van der Waals surface area contributed by atoms with E-state index in [0.717, 1.165) is 4.47 Å². The van der Waals surface area contributed by atoms with E-state index >= 15 is 0 Å². The number of amides is 2. The highest BCUT2D eigenvalue weighted by molar-refractivity contribution is 9.10. The summed E-state index contributed by atoms with van der Waals surface area (Å²) < 4.78 is 0.778. The average molecular weight is 407 g/mol. The van der Waals surface area contributed by atoms with Crippen molar-refractivity contribution in [3.63, 3.8) is 0 Å². The third-order valence-corrected chi connectivity index (χ3v) is 4.36. The van der Waals surface area contributed by atoms with E-state index in [1.165, 1.54) is 5.01 Å². The van der Waals surface area contributed by atoms with Crippen molar-refractivity contribution < 1.29 is 9.59 Å². The molecule has 2 N–H and O–H groups in total. The van der Waals surface area contributed by atoms with Gasteiger partial charge in [0.1, 0.15) is 5.70 Å². The molecular weight excluding hydrogens is 394 g/mol. The highest BCUT2D eigenvalue weighted by atomic mass is 79.9. The van der Waals surface area contributed by atoms with Crippen LogP contribution >= 0.6 is 27.5 Å². The highest BCUT2D eigenvalue weighted by Gasteiger charge is 2.24. The van der Waals surface area contributed by atoms with Gasteiger partial charge in [0.2, 0.25) is 5.91 Å². The SMILES string of the molecule is O=C(Nc1ccccc1Br)C1=CCC(=O)N(c2ccc(Cl)cc2)N1. The van der Waals surface area contributed by atoms with Gasteiger partial charge in [0.25, 0.3) is 5.91 Å². The number of benzene rings is 2. The Balaban J connectivity index is 1.77. The fraction of sp³-hybridized carbons (Fsp3) is 0.0588. The second-order valence-corrected chi connectivity index (χ2v) is 6.36. The van der Waals surface area contributed by atoms with Crippen LogP contribution in [0.2, 0.25) is 5.02 Å². The lowest BCUT2D eigenvalue weighted by molar-refractivity contribution is -0.119. The largest absolute Gasteiger partial charge is 0.320 e. The Hall–Kier alpha value is -2.31. The average Bonchev–Trinajstić information content (AvgIpc) is 2.58. The van der Waals surface area contributed by atoms with E-state index in [1.54, 1.807) is 36.4 Å². The number of hydrogen-bond donors (Lipinski definition) is 2. The molecule has 2 amide bonds. The molecule has 1 aliphatic rings. The molecule has 5 nitrogen and oxygen atoms in total. The minimum atomic E-state index is -0.326. The first-order valence-corrected chi connectivity index (χ1v) is 8.33.